The monoisotopic (exact) mass is 349 g/mol. The van der Waals surface area contributed by atoms with E-state index in [1.165, 1.54) is 0 Å². The van der Waals surface area contributed by atoms with E-state index in [0.29, 0.717) is 30.9 Å². The fourth-order valence-corrected chi connectivity index (χ4v) is 3.10. The summed E-state index contributed by atoms with van der Waals surface area (Å²) < 4.78 is 11.3. The van der Waals surface area contributed by atoms with Gasteiger partial charge >= 0.3 is 5.97 Å². The van der Waals surface area contributed by atoms with Crippen molar-refractivity contribution in [3.8, 4) is 5.75 Å². The number of benzene rings is 1. The Balaban J connectivity index is 2.19. The maximum Gasteiger partial charge on any atom is 0.323 e. The van der Waals surface area contributed by atoms with Crippen molar-refractivity contribution in [1.29, 1.82) is 0 Å². The lowest BCUT2D eigenvalue weighted by Crippen LogP contribution is -2.37. The summed E-state index contributed by atoms with van der Waals surface area (Å²) in [6.07, 6.45) is 0.711. The van der Waals surface area contributed by atoms with Crippen molar-refractivity contribution in [2.24, 2.45) is 5.73 Å². The number of carbonyl (C=O) groups is 1. The van der Waals surface area contributed by atoms with Crippen LogP contribution in [0.5, 0.6) is 5.75 Å². The van der Waals surface area contributed by atoms with Crippen LogP contribution in [-0.2, 0) is 16.1 Å². The van der Waals surface area contributed by atoms with Crippen molar-refractivity contribution >= 4 is 11.7 Å². The maximum absolute atomic E-state index is 12.3. The van der Waals surface area contributed by atoms with Crippen LogP contribution in [0, 0.1) is 0 Å². The lowest BCUT2D eigenvalue weighted by Gasteiger charge is -2.22. The van der Waals surface area contributed by atoms with Crippen LogP contribution in [-0.4, -0.2) is 30.3 Å². The second-order valence-electron chi connectivity index (χ2n) is 7.89. The molecular weight excluding hydrogens is 318 g/mol. The third-order valence-corrected chi connectivity index (χ3v) is 4.12. The minimum absolute atomic E-state index is 0.0371. The van der Waals surface area contributed by atoms with Crippen LogP contribution in [0.2, 0.25) is 0 Å². The zero-order valence-electron chi connectivity index (χ0n) is 15.9. The molecule has 2 rings (SSSR count). The first kappa shape index (κ1) is 19.5. The molecule has 25 heavy (non-hydrogen) atoms. The van der Waals surface area contributed by atoms with Gasteiger partial charge in [-0.1, -0.05) is 0 Å². The van der Waals surface area contributed by atoms with Gasteiger partial charge < -0.3 is 26.3 Å². The first-order valence-electron chi connectivity index (χ1n) is 8.86. The highest BCUT2D eigenvalue weighted by Crippen LogP contribution is 2.35. The highest BCUT2D eigenvalue weighted by Gasteiger charge is 2.34. The Hall–Kier alpha value is -1.79. The highest BCUT2D eigenvalue weighted by molar-refractivity contribution is 5.77. The van der Waals surface area contributed by atoms with Gasteiger partial charge in [0.1, 0.15) is 17.4 Å². The number of anilines is 1. The van der Waals surface area contributed by atoms with Crippen molar-refractivity contribution in [2.75, 3.05) is 12.3 Å². The summed E-state index contributed by atoms with van der Waals surface area (Å²) >= 11 is 0. The van der Waals surface area contributed by atoms with E-state index in [-0.39, 0.29) is 24.0 Å². The van der Waals surface area contributed by atoms with Gasteiger partial charge in [0.15, 0.2) is 0 Å². The van der Waals surface area contributed by atoms with Crippen LogP contribution >= 0.6 is 0 Å². The average molecular weight is 349 g/mol. The second kappa shape index (κ2) is 7.62. The van der Waals surface area contributed by atoms with Gasteiger partial charge in [-0.3, -0.25) is 4.79 Å². The van der Waals surface area contributed by atoms with E-state index < -0.39 is 5.60 Å². The molecule has 1 aliphatic rings. The first-order chi connectivity index (χ1) is 11.6. The highest BCUT2D eigenvalue weighted by atomic mass is 16.6. The zero-order chi connectivity index (χ0) is 18.8. The number of hydrogen-bond acceptors (Lipinski definition) is 6. The molecule has 1 fully saturated rings. The quantitative estimate of drug-likeness (QED) is 0.557. The van der Waals surface area contributed by atoms with Crippen LogP contribution in [0.4, 0.5) is 5.69 Å². The van der Waals surface area contributed by atoms with Gasteiger partial charge in [-0.2, -0.15) is 0 Å². The molecule has 0 spiro atoms. The Morgan fingerprint density at radius 2 is 2.04 bits per heavy atom. The summed E-state index contributed by atoms with van der Waals surface area (Å²) in [4.78, 5) is 12.3. The van der Waals surface area contributed by atoms with E-state index in [1.54, 1.807) is 0 Å². The van der Waals surface area contributed by atoms with Crippen molar-refractivity contribution in [3.63, 3.8) is 0 Å². The Morgan fingerprint density at radius 1 is 1.36 bits per heavy atom. The van der Waals surface area contributed by atoms with Crippen molar-refractivity contribution in [2.45, 2.75) is 71.2 Å². The Kier molecular flexibility index (Phi) is 5.95. The minimum Gasteiger partial charge on any atom is -0.489 e. The van der Waals surface area contributed by atoms with E-state index in [9.17, 15) is 4.79 Å². The molecule has 2 atom stereocenters. The third kappa shape index (κ3) is 5.09. The van der Waals surface area contributed by atoms with Gasteiger partial charge in [0, 0.05) is 13.1 Å². The molecule has 1 aromatic carbocycles. The molecule has 6 nitrogen and oxygen atoms in total. The molecule has 1 heterocycles. The number of nitrogen functional groups attached to an aromatic ring is 1. The third-order valence-electron chi connectivity index (χ3n) is 4.12. The zero-order valence-corrected chi connectivity index (χ0v) is 15.9. The Labute approximate surface area is 150 Å². The number of ether oxygens (including phenoxy) is 2. The standard InChI is InChI=1S/C19H31N3O3/c1-11(2)24-17-8-14(12(9-20)6-15(17)21)13-7-16(22-10-13)18(23)25-19(3,4)5/h6,8,11,13,16,22H,7,9-10,20-21H2,1-5H3. The van der Waals surface area contributed by atoms with E-state index in [2.05, 4.69) is 5.32 Å². The van der Waals surface area contributed by atoms with Gasteiger partial charge in [0.2, 0.25) is 0 Å². The molecule has 0 aromatic heterocycles. The molecule has 6 heteroatoms. The molecule has 140 valence electrons. The topological polar surface area (TPSA) is 99.6 Å². The van der Waals surface area contributed by atoms with E-state index >= 15 is 0 Å². The normalized spacial score (nSPS) is 20.8. The lowest BCUT2D eigenvalue weighted by atomic mass is 9.91. The van der Waals surface area contributed by atoms with Gasteiger partial charge in [0.05, 0.1) is 11.8 Å². The number of hydrogen-bond donors (Lipinski definition) is 3. The lowest BCUT2D eigenvalue weighted by molar-refractivity contribution is -0.157. The van der Waals surface area contributed by atoms with E-state index in [0.717, 1.165) is 11.1 Å². The molecule has 0 amide bonds. The van der Waals surface area contributed by atoms with Crippen LogP contribution < -0.4 is 21.5 Å². The van der Waals surface area contributed by atoms with Crippen LogP contribution in [0.15, 0.2) is 12.1 Å². The van der Waals surface area contributed by atoms with Crippen molar-refractivity contribution in [1.82, 2.24) is 5.32 Å². The van der Waals surface area contributed by atoms with Gasteiger partial charge in [-0.25, -0.2) is 0 Å². The summed E-state index contributed by atoms with van der Waals surface area (Å²) in [5.41, 5.74) is 14.2. The number of nitrogens with one attached hydrogen (secondary N) is 1. The molecule has 2 unspecified atom stereocenters. The molecule has 1 aliphatic heterocycles. The summed E-state index contributed by atoms with van der Waals surface area (Å²) in [7, 11) is 0. The molecule has 0 saturated carbocycles. The molecule has 5 N–H and O–H groups in total. The summed E-state index contributed by atoms with van der Waals surface area (Å²) in [5, 5.41) is 3.27. The fourth-order valence-electron chi connectivity index (χ4n) is 3.10. The first-order valence-corrected chi connectivity index (χ1v) is 8.86. The molecule has 1 saturated heterocycles. The van der Waals surface area contributed by atoms with Crippen molar-refractivity contribution < 1.29 is 14.3 Å². The van der Waals surface area contributed by atoms with Crippen LogP contribution in [0.3, 0.4) is 0 Å². The largest absolute Gasteiger partial charge is 0.489 e. The van der Waals surface area contributed by atoms with Crippen molar-refractivity contribution in [3.05, 3.63) is 23.3 Å². The number of esters is 1. The second-order valence-corrected chi connectivity index (χ2v) is 7.89. The molecular formula is C19H31N3O3. The SMILES string of the molecule is CC(C)Oc1cc(C2CNC(C(=O)OC(C)(C)C)C2)c(CN)cc1N. The molecule has 0 bridgehead atoms. The summed E-state index contributed by atoms with van der Waals surface area (Å²) in [6, 6.07) is 3.55. The Bertz CT molecular complexity index is 623. The van der Waals surface area contributed by atoms with Gasteiger partial charge in [-0.15, -0.1) is 0 Å². The summed E-state index contributed by atoms with van der Waals surface area (Å²) in [6.45, 7) is 10.6. The fraction of sp³-hybridized carbons (Fsp3) is 0.632. The van der Waals surface area contributed by atoms with Gasteiger partial charge in [0.25, 0.3) is 0 Å². The average Bonchev–Trinajstić information content (AvgIpc) is 2.96. The minimum atomic E-state index is -0.487. The number of rotatable bonds is 5. The Morgan fingerprint density at radius 3 is 2.60 bits per heavy atom. The van der Waals surface area contributed by atoms with Crippen LogP contribution in [0.25, 0.3) is 0 Å². The smallest absolute Gasteiger partial charge is 0.323 e. The number of nitrogens with two attached hydrogens (primary N) is 2. The molecule has 0 radical (unpaired) electrons. The van der Waals surface area contributed by atoms with Crippen LogP contribution in [0.1, 0.15) is 58.1 Å². The van der Waals surface area contributed by atoms with E-state index in [1.807, 2.05) is 46.8 Å². The number of carbonyl (C=O) groups excluding carboxylic acids is 1. The summed E-state index contributed by atoms with van der Waals surface area (Å²) in [5.74, 6) is 0.632. The predicted octanol–water partition coefficient (Wildman–Crippen LogP) is 2.30. The molecule has 0 aliphatic carbocycles. The predicted molar refractivity (Wildman–Crippen MR) is 99.5 cm³/mol. The maximum atomic E-state index is 12.3. The van der Waals surface area contributed by atoms with E-state index in [4.69, 9.17) is 20.9 Å². The van der Waals surface area contributed by atoms with Gasteiger partial charge in [-0.05, 0) is 70.2 Å². The molecule has 1 aromatic rings.